The zero-order valence-corrected chi connectivity index (χ0v) is 28.0. The van der Waals surface area contributed by atoms with Crippen LogP contribution in [0.15, 0.2) is 36.4 Å². The third-order valence-electron chi connectivity index (χ3n) is 9.70. The first kappa shape index (κ1) is 31.2. The van der Waals surface area contributed by atoms with Gasteiger partial charge in [0, 0.05) is 74.8 Å². The van der Waals surface area contributed by atoms with Gasteiger partial charge in [-0.25, -0.2) is 9.18 Å². The van der Waals surface area contributed by atoms with Crippen LogP contribution in [-0.4, -0.2) is 90.2 Å². The molecule has 2 bridgehead atoms. The first-order chi connectivity index (χ1) is 22.0. The molecule has 0 saturated carbocycles. The Hall–Kier alpha value is -3.37. The summed E-state index contributed by atoms with van der Waals surface area (Å²) in [7, 11) is 2.06. The zero-order valence-electron chi connectivity index (χ0n) is 27.2. The number of hydrogen-bond donors (Lipinski definition) is 0. The minimum Gasteiger partial charge on any atom is -0.444 e. The minimum absolute atomic E-state index is 0.126. The van der Waals surface area contributed by atoms with Crippen LogP contribution in [0.5, 0.6) is 6.01 Å². The molecule has 1 amide bonds. The summed E-state index contributed by atoms with van der Waals surface area (Å²) >= 11 is 6.73. The number of halogens is 2. The SMILES string of the molecule is CN(CC1CN(C(=O)OC(C)(C)C)C1)c1nc(OC2[C@@H]3CCCN2C[C@H](F)C3)nc2c1CCN(c1cccc3cccc(Cl)c13)C2. The number of carbonyl (C=O) groups is 1. The number of fused-ring (bicyclic) bond motifs is 4. The Kier molecular flexibility index (Phi) is 8.38. The van der Waals surface area contributed by atoms with Crippen LogP contribution in [0, 0.1) is 11.8 Å². The molecule has 5 heterocycles. The second-order valence-electron chi connectivity index (χ2n) is 14.4. The third kappa shape index (κ3) is 6.30. The Morgan fingerprint density at radius 1 is 1.11 bits per heavy atom. The lowest BCUT2D eigenvalue weighted by atomic mass is 9.86. The Bertz CT molecular complexity index is 1590. The normalized spacial score (nSPS) is 24.7. The number of rotatable bonds is 6. The van der Waals surface area contributed by atoms with E-state index in [4.69, 9.17) is 31.0 Å². The van der Waals surface area contributed by atoms with E-state index in [9.17, 15) is 9.18 Å². The highest BCUT2D eigenvalue weighted by molar-refractivity contribution is 6.36. The van der Waals surface area contributed by atoms with E-state index in [0.717, 1.165) is 77.5 Å². The molecule has 0 N–H and O–H groups in total. The van der Waals surface area contributed by atoms with Gasteiger partial charge >= 0.3 is 12.1 Å². The summed E-state index contributed by atoms with van der Waals surface area (Å²) in [5.41, 5.74) is 2.63. The van der Waals surface area contributed by atoms with Gasteiger partial charge in [0.1, 0.15) is 17.6 Å². The Labute approximate surface area is 275 Å². The van der Waals surface area contributed by atoms with Crippen molar-refractivity contribution >= 4 is 40.0 Å². The van der Waals surface area contributed by atoms with E-state index in [2.05, 4.69) is 46.0 Å². The summed E-state index contributed by atoms with van der Waals surface area (Å²) in [4.78, 5) is 31.0. The first-order valence-corrected chi connectivity index (χ1v) is 17.0. The van der Waals surface area contributed by atoms with Gasteiger partial charge in [0.25, 0.3) is 0 Å². The van der Waals surface area contributed by atoms with Gasteiger partial charge in [-0.2, -0.15) is 9.97 Å². The summed E-state index contributed by atoms with van der Waals surface area (Å²) in [5, 5.41) is 2.88. The van der Waals surface area contributed by atoms with E-state index in [1.807, 2.05) is 32.9 Å². The molecule has 9 nitrogen and oxygen atoms in total. The predicted octanol–water partition coefficient (Wildman–Crippen LogP) is 6.31. The van der Waals surface area contributed by atoms with E-state index in [1.165, 1.54) is 0 Å². The number of carbonyl (C=O) groups excluding carboxylic acids is 1. The van der Waals surface area contributed by atoms with Gasteiger partial charge in [-0.3, -0.25) is 4.90 Å². The number of aromatic nitrogens is 2. The Morgan fingerprint density at radius 2 is 1.89 bits per heavy atom. The molecular formula is C35H44ClFN6O3. The van der Waals surface area contributed by atoms with Crippen molar-refractivity contribution in [2.75, 3.05) is 56.1 Å². The quantitative estimate of drug-likeness (QED) is 0.308. The number of hydrogen-bond acceptors (Lipinski definition) is 8. The molecule has 3 saturated heterocycles. The molecule has 4 aliphatic rings. The lowest BCUT2D eigenvalue weighted by Crippen LogP contribution is -2.55. The summed E-state index contributed by atoms with van der Waals surface area (Å²) < 4.78 is 26.6. The standard InChI is InChI=1S/C35H44ClFN6O3/c1-35(2,3)46-34(44)43-18-22(19-43)17-40(4)31-26-13-15-41(29-12-6-9-23-8-5-11-27(36)30(23)29)21-28(26)38-33(39-31)45-32-24-10-7-14-42(32)20-25(37)16-24/h5-6,8-9,11-12,22,24-25,32H,7,10,13-21H2,1-4H3/t24-,25-,32?/m1/s1. The maximum atomic E-state index is 14.5. The predicted molar refractivity (Wildman–Crippen MR) is 179 cm³/mol. The summed E-state index contributed by atoms with van der Waals surface area (Å²) in [6.07, 6.45) is 1.99. The highest BCUT2D eigenvalue weighted by Crippen LogP contribution is 2.39. The number of anilines is 2. The van der Waals surface area contributed by atoms with Crippen LogP contribution in [0.2, 0.25) is 5.02 Å². The number of alkyl halides is 1. The van der Waals surface area contributed by atoms with Gasteiger partial charge < -0.3 is 24.2 Å². The third-order valence-corrected chi connectivity index (χ3v) is 10.0. The Balaban J connectivity index is 1.16. The van der Waals surface area contributed by atoms with Crippen LogP contribution in [0.1, 0.15) is 51.3 Å². The van der Waals surface area contributed by atoms with Crippen LogP contribution >= 0.6 is 11.6 Å². The average molecular weight is 651 g/mol. The molecule has 2 unspecified atom stereocenters. The molecule has 4 aliphatic heterocycles. The summed E-state index contributed by atoms with van der Waals surface area (Å²) in [6.45, 7) is 10.3. The highest BCUT2D eigenvalue weighted by atomic mass is 35.5. The second-order valence-corrected chi connectivity index (χ2v) is 14.8. The van der Waals surface area contributed by atoms with Crippen molar-refractivity contribution in [1.29, 1.82) is 0 Å². The number of nitrogens with zero attached hydrogens (tertiary/aromatic N) is 6. The van der Waals surface area contributed by atoms with Crippen molar-refractivity contribution < 1.29 is 18.7 Å². The van der Waals surface area contributed by atoms with Crippen LogP contribution in [0.4, 0.5) is 20.7 Å². The lowest BCUT2D eigenvalue weighted by Gasteiger charge is -2.45. The van der Waals surface area contributed by atoms with E-state index in [0.29, 0.717) is 44.5 Å². The molecule has 46 heavy (non-hydrogen) atoms. The van der Waals surface area contributed by atoms with Crippen LogP contribution in [0.3, 0.4) is 0 Å². The largest absolute Gasteiger partial charge is 0.444 e. The number of amides is 1. The summed E-state index contributed by atoms with van der Waals surface area (Å²) in [5.74, 6) is 1.29. The van der Waals surface area contributed by atoms with E-state index >= 15 is 0 Å². The molecule has 3 fully saturated rings. The fourth-order valence-corrected chi connectivity index (χ4v) is 7.91. The topological polar surface area (TPSA) is 74.3 Å². The molecule has 4 atom stereocenters. The van der Waals surface area contributed by atoms with Crippen molar-refractivity contribution in [3.05, 3.63) is 52.7 Å². The van der Waals surface area contributed by atoms with Gasteiger partial charge in [-0.05, 0) is 64.0 Å². The zero-order chi connectivity index (χ0) is 32.2. The molecule has 3 aromatic rings. The first-order valence-electron chi connectivity index (χ1n) is 16.6. The smallest absolute Gasteiger partial charge is 0.410 e. The molecule has 2 aromatic carbocycles. The van der Waals surface area contributed by atoms with Crippen molar-refractivity contribution in [1.82, 2.24) is 19.8 Å². The van der Waals surface area contributed by atoms with E-state index in [-0.39, 0.29) is 18.2 Å². The molecule has 0 aliphatic carbocycles. The molecule has 0 radical (unpaired) electrons. The van der Waals surface area contributed by atoms with Gasteiger partial charge in [0.2, 0.25) is 0 Å². The maximum Gasteiger partial charge on any atom is 0.410 e. The number of ether oxygens (including phenoxy) is 2. The molecule has 11 heteroatoms. The van der Waals surface area contributed by atoms with Gasteiger partial charge in [-0.1, -0.05) is 35.9 Å². The lowest BCUT2D eigenvalue weighted by molar-refractivity contribution is -0.0991. The van der Waals surface area contributed by atoms with E-state index < -0.39 is 11.8 Å². The van der Waals surface area contributed by atoms with Crippen molar-refractivity contribution in [3.8, 4) is 6.01 Å². The van der Waals surface area contributed by atoms with Gasteiger partial charge in [0.15, 0.2) is 6.23 Å². The number of likely N-dealkylation sites (tertiary alicyclic amines) is 1. The van der Waals surface area contributed by atoms with Gasteiger partial charge in [-0.15, -0.1) is 0 Å². The minimum atomic E-state index is -0.819. The summed E-state index contributed by atoms with van der Waals surface area (Å²) in [6, 6.07) is 12.7. The fraction of sp³-hybridized carbons (Fsp3) is 0.571. The molecule has 1 aromatic heterocycles. The Morgan fingerprint density at radius 3 is 2.65 bits per heavy atom. The highest BCUT2D eigenvalue weighted by Gasteiger charge is 2.41. The van der Waals surface area contributed by atoms with Crippen molar-refractivity contribution in [3.63, 3.8) is 0 Å². The van der Waals surface area contributed by atoms with Crippen LogP contribution in [-0.2, 0) is 17.7 Å². The van der Waals surface area contributed by atoms with Crippen molar-refractivity contribution in [2.45, 2.75) is 71.0 Å². The monoisotopic (exact) mass is 650 g/mol. The van der Waals surface area contributed by atoms with Crippen LogP contribution in [0.25, 0.3) is 10.8 Å². The molecular weight excluding hydrogens is 607 g/mol. The number of benzene rings is 2. The second kappa shape index (κ2) is 12.3. The average Bonchev–Trinajstić information content (AvgIpc) is 2.97. The molecule has 7 rings (SSSR count). The molecule has 246 valence electrons. The number of piperidine rings is 2. The van der Waals surface area contributed by atoms with Crippen molar-refractivity contribution in [2.24, 2.45) is 11.8 Å². The van der Waals surface area contributed by atoms with E-state index in [1.54, 1.807) is 4.90 Å². The maximum absolute atomic E-state index is 14.5. The van der Waals surface area contributed by atoms with Gasteiger partial charge in [0.05, 0.1) is 17.3 Å². The van der Waals surface area contributed by atoms with Crippen LogP contribution < -0.4 is 14.5 Å². The fourth-order valence-electron chi connectivity index (χ4n) is 7.63. The molecule has 0 spiro atoms.